The molecule has 0 aromatic rings. The van der Waals surface area contributed by atoms with Gasteiger partial charge in [-0.1, -0.05) is 19.3 Å². The third kappa shape index (κ3) is 3.96. The minimum Gasteiger partial charge on any atom is -0.353 e. The van der Waals surface area contributed by atoms with E-state index in [1.807, 2.05) is 6.07 Å². The highest BCUT2D eigenvalue weighted by molar-refractivity contribution is 5.79. The molecule has 0 unspecified atom stereocenters. The first kappa shape index (κ1) is 14.8. The number of piperidine rings is 1. The van der Waals surface area contributed by atoms with Crippen LogP contribution in [0.4, 0.5) is 0 Å². The van der Waals surface area contributed by atoms with Crippen LogP contribution in [-0.4, -0.2) is 35.8 Å². The second kappa shape index (κ2) is 7.28. The molecule has 0 aromatic heterocycles. The van der Waals surface area contributed by atoms with Gasteiger partial charge in [-0.15, -0.1) is 0 Å². The fourth-order valence-electron chi connectivity index (χ4n) is 3.14. The van der Waals surface area contributed by atoms with Crippen molar-refractivity contribution in [2.75, 3.05) is 13.1 Å². The summed E-state index contributed by atoms with van der Waals surface area (Å²) in [5, 5.41) is 11.7. The zero-order valence-electron chi connectivity index (χ0n) is 11.9. The first-order valence-electron chi connectivity index (χ1n) is 7.66. The molecule has 0 aromatic carbocycles. The Morgan fingerprint density at radius 1 is 1.10 bits per heavy atom. The fraction of sp³-hybridized carbons (Fsp3) is 0.800. The molecule has 5 heteroatoms. The maximum Gasteiger partial charge on any atom is 0.236 e. The Morgan fingerprint density at radius 3 is 2.35 bits per heavy atom. The minimum absolute atomic E-state index is 0.0426. The standard InChI is InChI=1S/C15H23N3O2/c16-9-6-14(19)18-10-7-13(8-11-18)17-15(20)12-4-2-1-3-5-12/h12-13H,1-8,10-11H2,(H,17,20). The number of likely N-dealkylation sites (tertiary alicyclic amines) is 1. The van der Waals surface area contributed by atoms with E-state index >= 15 is 0 Å². The Balaban J connectivity index is 1.72. The fourth-order valence-corrected chi connectivity index (χ4v) is 3.14. The number of nitrogens with zero attached hydrogens (tertiary/aromatic N) is 2. The second-order valence-corrected chi connectivity index (χ2v) is 5.83. The van der Waals surface area contributed by atoms with E-state index in [1.165, 1.54) is 19.3 Å². The van der Waals surface area contributed by atoms with Crippen molar-refractivity contribution in [3.63, 3.8) is 0 Å². The summed E-state index contributed by atoms with van der Waals surface area (Å²) in [5.41, 5.74) is 0. The van der Waals surface area contributed by atoms with Gasteiger partial charge in [-0.2, -0.15) is 5.26 Å². The third-order valence-corrected chi connectivity index (χ3v) is 4.40. The molecule has 2 aliphatic rings. The highest BCUT2D eigenvalue weighted by Crippen LogP contribution is 2.24. The Bertz CT molecular complexity index is 388. The normalized spacial score (nSPS) is 21.2. The smallest absolute Gasteiger partial charge is 0.236 e. The van der Waals surface area contributed by atoms with Crippen LogP contribution in [0.25, 0.3) is 0 Å². The van der Waals surface area contributed by atoms with Crippen molar-refractivity contribution in [2.45, 2.75) is 57.4 Å². The van der Waals surface area contributed by atoms with Gasteiger partial charge >= 0.3 is 0 Å². The average Bonchev–Trinajstić information content (AvgIpc) is 2.49. The molecule has 1 N–H and O–H groups in total. The third-order valence-electron chi connectivity index (χ3n) is 4.40. The van der Waals surface area contributed by atoms with Gasteiger partial charge in [-0.25, -0.2) is 0 Å². The van der Waals surface area contributed by atoms with Crippen LogP contribution in [0.1, 0.15) is 51.4 Å². The quantitative estimate of drug-likeness (QED) is 0.851. The van der Waals surface area contributed by atoms with E-state index in [-0.39, 0.29) is 30.2 Å². The summed E-state index contributed by atoms with van der Waals surface area (Å²) in [5.74, 6) is 0.304. The number of carbonyl (C=O) groups excluding carboxylic acids is 2. The van der Waals surface area contributed by atoms with Gasteiger partial charge in [0.05, 0.1) is 6.07 Å². The van der Waals surface area contributed by atoms with E-state index in [0.717, 1.165) is 25.7 Å². The molecule has 1 saturated carbocycles. The number of hydrogen-bond acceptors (Lipinski definition) is 3. The Labute approximate surface area is 120 Å². The van der Waals surface area contributed by atoms with Crippen LogP contribution in [-0.2, 0) is 9.59 Å². The van der Waals surface area contributed by atoms with Crippen LogP contribution in [0.3, 0.4) is 0 Å². The molecule has 110 valence electrons. The van der Waals surface area contributed by atoms with E-state index in [2.05, 4.69) is 5.32 Å². The van der Waals surface area contributed by atoms with Gasteiger partial charge in [0, 0.05) is 25.0 Å². The molecule has 1 heterocycles. The first-order chi connectivity index (χ1) is 9.70. The maximum absolute atomic E-state index is 12.1. The summed E-state index contributed by atoms with van der Waals surface area (Å²) in [4.78, 5) is 25.5. The Kier molecular flexibility index (Phi) is 5.40. The van der Waals surface area contributed by atoms with Crippen LogP contribution in [0.5, 0.6) is 0 Å². The van der Waals surface area contributed by atoms with E-state index < -0.39 is 0 Å². The number of nitriles is 1. The topological polar surface area (TPSA) is 73.2 Å². The van der Waals surface area contributed by atoms with Crippen LogP contribution in [0.15, 0.2) is 0 Å². The van der Waals surface area contributed by atoms with Crippen LogP contribution >= 0.6 is 0 Å². The van der Waals surface area contributed by atoms with Crippen molar-refractivity contribution in [1.29, 1.82) is 5.26 Å². The van der Waals surface area contributed by atoms with Crippen molar-refractivity contribution in [3.8, 4) is 6.07 Å². The SMILES string of the molecule is N#CCC(=O)N1CCC(NC(=O)C2CCCCC2)CC1. The zero-order valence-corrected chi connectivity index (χ0v) is 11.9. The molecular formula is C15H23N3O2. The molecule has 20 heavy (non-hydrogen) atoms. The minimum atomic E-state index is -0.0930. The summed E-state index contributed by atoms with van der Waals surface area (Å²) in [6.07, 6.45) is 7.18. The van der Waals surface area contributed by atoms with Gasteiger partial charge in [0.15, 0.2) is 0 Å². The van der Waals surface area contributed by atoms with Gasteiger partial charge in [-0.05, 0) is 25.7 Å². The number of amides is 2. The number of rotatable bonds is 3. The predicted molar refractivity (Wildman–Crippen MR) is 74.5 cm³/mol. The van der Waals surface area contributed by atoms with Gasteiger partial charge in [0.2, 0.25) is 11.8 Å². The van der Waals surface area contributed by atoms with Gasteiger partial charge in [0.1, 0.15) is 6.42 Å². The van der Waals surface area contributed by atoms with E-state index in [0.29, 0.717) is 13.1 Å². The lowest BCUT2D eigenvalue weighted by Gasteiger charge is -2.33. The molecule has 2 rings (SSSR count). The zero-order chi connectivity index (χ0) is 14.4. The van der Waals surface area contributed by atoms with Crippen LogP contribution in [0, 0.1) is 17.2 Å². The maximum atomic E-state index is 12.1. The molecule has 0 radical (unpaired) electrons. The van der Waals surface area contributed by atoms with Crippen molar-refractivity contribution in [2.24, 2.45) is 5.92 Å². The predicted octanol–water partition coefficient (Wildman–Crippen LogP) is 1.59. The summed E-state index contributed by atoms with van der Waals surface area (Å²) in [7, 11) is 0. The van der Waals surface area contributed by atoms with Crippen LogP contribution in [0.2, 0.25) is 0 Å². The Hall–Kier alpha value is -1.57. The molecule has 0 atom stereocenters. The molecule has 2 amide bonds. The largest absolute Gasteiger partial charge is 0.353 e. The second-order valence-electron chi connectivity index (χ2n) is 5.83. The van der Waals surface area contributed by atoms with Gasteiger partial charge in [-0.3, -0.25) is 9.59 Å². The number of carbonyl (C=O) groups is 2. The van der Waals surface area contributed by atoms with Gasteiger partial charge in [0.25, 0.3) is 0 Å². The lowest BCUT2D eigenvalue weighted by molar-refractivity contribution is -0.131. The summed E-state index contributed by atoms with van der Waals surface area (Å²) >= 11 is 0. The van der Waals surface area contributed by atoms with Crippen molar-refractivity contribution in [1.82, 2.24) is 10.2 Å². The van der Waals surface area contributed by atoms with Crippen molar-refractivity contribution < 1.29 is 9.59 Å². The average molecular weight is 277 g/mol. The van der Waals surface area contributed by atoms with Crippen LogP contribution < -0.4 is 5.32 Å². The van der Waals surface area contributed by atoms with Crippen molar-refractivity contribution in [3.05, 3.63) is 0 Å². The summed E-state index contributed by atoms with van der Waals surface area (Å²) in [6, 6.07) is 2.08. The van der Waals surface area contributed by atoms with E-state index in [9.17, 15) is 9.59 Å². The molecule has 1 saturated heterocycles. The molecule has 0 bridgehead atoms. The molecule has 1 aliphatic heterocycles. The van der Waals surface area contributed by atoms with Crippen molar-refractivity contribution >= 4 is 11.8 Å². The summed E-state index contributed by atoms with van der Waals surface area (Å²) < 4.78 is 0. The molecule has 5 nitrogen and oxygen atoms in total. The highest BCUT2D eigenvalue weighted by Gasteiger charge is 2.27. The summed E-state index contributed by atoms with van der Waals surface area (Å²) in [6.45, 7) is 1.30. The van der Waals surface area contributed by atoms with E-state index in [4.69, 9.17) is 5.26 Å². The number of hydrogen-bond donors (Lipinski definition) is 1. The van der Waals surface area contributed by atoms with Gasteiger partial charge < -0.3 is 10.2 Å². The van der Waals surface area contributed by atoms with E-state index in [1.54, 1.807) is 4.90 Å². The number of nitrogens with one attached hydrogen (secondary N) is 1. The monoisotopic (exact) mass is 277 g/mol. The lowest BCUT2D eigenvalue weighted by Crippen LogP contribution is -2.48. The molecule has 0 spiro atoms. The molecule has 2 fully saturated rings. The molecule has 1 aliphatic carbocycles. The highest BCUT2D eigenvalue weighted by atomic mass is 16.2. The molecular weight excluding hydrogens is 254 g/mol. The Morgan fingerprint density at radius 2 is 1.75 bits per heavy atom. The lowest BCUT2D eigenvalue weighted by atomic mass is 9.88. The first-order valence-corrected chi connectivity index (χ1v) is 7.66.